The predicted molar refractivity (Wildman–Crippen MR) is 57.9 cm³/mol. The second-order valence-corrected chi connectivity index (χ2v) is 4.46. The Labute approximate surface area is 89.2 Å². The summed E-state index contributed by atoms with van der Waals surface area (Å²) in [6.45, 7) is 4.73. The summed E-state index contributed by atoms with van der Waals surface area (Å²) in [6, 6.07) is 0.108. The molecule has 1 aliphatic heterocycles. The van der Waals surface area contributed by atoms with E-state index in [1.165, 1.54) is 0 Å². The van der Waals surface area contributed by atoms with Gasteiger partial charge in [0.2, 0.25) is 5.91 Å². The van der Waals surface area contributed by atoms with E-state index >= 15 is 0 Å². The summed E-state index contributed by atoms with van der Waals surface area (Å²) in [6.07, 6.45) is 0.860. The molecule has 0 aromatic carbocycles. The lowest BCUT2D eigenvalue weighted by Crippen LogP contribution is -2.48. The highest BCUT2D eigenvalue weighted by molar-refractivity contribution is 7.80. The highest BCUT2D eigenvalue weighted by Gasteiger charge is 2.32. The Balaban J connectivity index is 2.52. The van der Waals surface area contributed by atoms with Crippen molar-refractivity contribution in [3.63, 3.8) is 0 Å². The van der Waals surface area contributed by atoms with E-state index in [0.29, 0.717) is 13.2 Å². The molecule has 1 atom stereocenters. The average molecular weight is 216 g/mol. The van der Waals surface area contributed by atoms with E-state index in [1.807, 2.05) is 0 Å². The zero-order chi connectivity index (χ0) is 10.8. The molecule has 0 aliphatic carbocycles. The molecule has 14 heavy (non-hydrogen) atoms. The molecule has 0 aromatic heterocycles. The van der Waals surface area contributed by atoms with Gasteiger partial charge in [0, 0.05) is 6.61 Å². The van der Waals surface area contributed by atoms with Crippen molar-refractivity contribution in [3.05, 3.63) is 0 Å². The summed E-state index contributed by atoms with van der Waals surface area (Å²) in [5.74, 6) is -0.125. The summed E-state index contributed by atoms with van der Waals surface area (Å²) >= 11 is 4.83. The third-order valence-electron chi connectivity index (χ3n) is 2.45. The van der Waals surface area contributed by atoms with Gasteiger partial charge in [-0.25, -0.2) is 0 Å². The minimum Gasteiger partial charge on any atom is -0.392 e. The summed E-state index contributed by atoms with van der Waals surface area (Å²) < 4.78 is 5.15. The number of rotatable bonds is 3. The van der Waals surface area contributed by atoms with Crippen LogP contribution in [0.3, 0.4) is 0 Å². The molecule has 1 rings (SSSR count). The molecule has 1 unspecified atom stereocenters. The van der Waals surface area contributed by atoms with Gasteiger partial charge in [-0.2, -0.15) is 0 Å². The van der Waals surface area contributed by atoms with Crippen LogP contribution in [0.2, 0.25) is 0 Å². The van der Waals surface area contributed by atoms with E-state index in [0.717, 1.165) is 6.42 Å². The van der Waals surface area contributed by atoms with Crippen LogP contribution in [0.15, 0.2) is 0 Å². The monoisotopic (exact) mass is 216 g/mol. The van der Waals surface area contributed by atoms with Crippen LogP contribution in [0.5, 0.6) is 0 Å². The molecule has 0 saturated carbocycles. The Bertz CT molecular complexity index is 247. The van der Waals surface area contributed by atoms with Crippen molar-refractivity contribution in [1.82, 2.24) is 5.32 Å². The number of hydrogen-bond acceptors (Lipinski definition) is 3. The summed E-state index contributed by atoms with van der Waals surface area (Å²) in [5.41, 5.74) is 4.70. The molecule has 0 bridgehead atoms. The van der Waals surface area contributed by atoms with Gasteiger partial charge < -0.3 is 15.8 Å². The van der Waals surface area contributed by atoms with Gasteiger partial charge in [0.05, 0.1) is 23.1 Å². The zero-order valence-electron chi connectivity index (χ0n) is 8.50. The first kappa shape index (κ1) is 11.4. The van der Waals surface area contributed by atoms with Crippen LogP contribution in [-0.4, -0.2) is 30.2 Å². The maximum Gasteiger partial charge on any atom is 0.232 e. The molecular formula is C9H16N2O2S. The van der Waals surface area contributed by atoms with E-state index < -0.39 is 5.41 Å². The number of ether oxygens (including phenoxy) is 1. The normalized spacial score (nSPS) is 22.0. The van der Waals surface area contributed by atoms with Gasteiger partial charge in [-0.1, -0.05) is 12.2 Å². The maximum atomic E-state index is 11.7. The molecule has 5 heteroatoms. The van der Waals surface area contributed by atoms with Crippen LogP contribution in [0.1, 0.15) is 20.3 Å². The van der Waals surface area contributed by atoms with E-state index in [2.05, 4.69) is 5.32 Å². The van der Waals surface area contributed by atoms with Crippen molar-refractivity contribution >= 4 is 23.1 Å². The number of amides is 1. The first-order valence-electron chi connectivity index (χ1n) is 4.63. The number of thiocarbonyl (C=S) groups is 1. The van der Waals surface area contributed by atoms with Crippen LogP contribution in [0, 0.1) is 5.41 Å². The van der Waals surface area contributed by atoms with Crippen LogP contribution in [-0.2, 0) is 9.53 Å². The van der Waals surface area contributed by atoms with Gasteiger partial charge in [0.25, 0.3) is 0 Å². The molecule has 0 radical (unpaired) electrons. The molecule has 1 saturated heterocycles. The predicted octanol–water partition coefficient (Wildman–Crippen LogP) is 0.204. The van der Waals surface area contributed by atoms with Crippen molar-refractivity contribution < 1.29 is 9.53 Å². The lowest BCUT2D eigenvalue weighted by Gasteiger charge is -2.23. The zero-order valence-corrected chi connectivity index (χ0v) is 9.32. The molecule has 1 aliphatic rings. The molecule has 0 spiro atoms. The number of nitrogens with two attached hydrogens (primary N) is 1. The lowest BCUT2D eigenvalue weighted by atomic mass is 9.92. The fourth-order valence-electron chi connectivity index (χ4n) is 1.13. The van der Waals surface area contributed by atoms with Gasteiger partial charge >= 0.3 is 0 Å². The molecule has 3 N–H and O–H groups in total. The number of hydrogen-bond donors (Lipinski definition) is 2. The highest BCUT2D eigenvalue weighted by Crippen LogP contribution is 2.16. The van der Waals surface area contributed by atoms with E-state index in [-0.39, 0.29) is 16.9 Å². The molecule has 0 aromatic rings. The maximum absolute atomic E-state index is 11.7. The number of nitrogens with one attached hydrogen (secondary N) is 1. The first-order valence-corrected chi connectivity index (χ1v) is 5.04. The first-order chi connectivity index (χ1) is 6.44. The molecule has 1 fully saturated rings. The highest BCUT2D eigenvalue weighted by atomic mass is 32.1. The Hall–Kier alpha value is -0.680. The third-order valence-corrected chi connectivity index (χ3v) is 2.96. The molecular weight excluding hydrogens is 200 g/mol. The van der Waals surface area contributed by atoms with Gasteiger partial charge in [0.1, 0.15) is 0 Å². The molecule has 4 nitrogen and oxygen atoms in total. The van der Waals surface area contributed by atoms with Gasteiger partial charge in [-0.05, 0) is 20.3 Å². The Morgan fingerprint density at radius 3 is 2.71 bits per heavy atom. The van der Waals surface area contributed by atoms with Crippen LogP contribution in [0.4, 0.5) is 0 Å². The second kappa shape index (κ2) is 4.23. The smallest absolute Gasteiger partial charge is 0.232 e. The largest absolute Gasteiger partial charge is 0.392 e. The van der Waals surface area contributed by atoms with Crippen molar-refractivity contribution in [1.29, 1.82) is 0 Å². The van der Waals surface area contributed by atoms with Crippen molar-refractivity contribution in [2.75, 3.05) is 13.2 Å². The SMILES string of the molecule is CC(C)(C(=O)NC1CCOC1)C(N)=S. The van der Waals surface area contributed by atoms with Crippen molar-refractivity contribution in [2.45, 2.75) is 26.3 Å². The average Bonchev–Trinajstić information content (AvgIpc) is 2.56. The Morgan fingerprint density at radius 1 is 1.64 bits per heavy atom. The summed E-state index contributed by atoms with van der Waals surface area (Å²) in [5, 5.41) is 2.87. The molecule has 1 heterocycles. The lowest BCUT2D eigenvalue weighted by molar-refractivity contribution is -0.126. The van der Waals surface area contributed by atoms with Crippen molar-refractivity contribution in [3.8, 4) is 0 Å². The summed E-state index contributed by atoms with van der Waals surface area (Å²) in [4.78, 5) is 11.9. The number of carbonyl (C=O) groups is 1. The van der Waals surface area contributed by atoms with E-state index in [4.69, 9.17) is 22.7 Å². The standard InChI is InChI=1S/C9H16N2O2S/c1-9(2,7(10)14)8(12)11-6-3-4-13-5-6/h6H,3-5H2,1-2H3,(H2,10,14)(H,11,12). The minimum atomic E-state index is -0.780. The topological polar surface area (TPSA) is 64.3 Å². The Kier molecular flexibility index (Phi) is 3.44. The van der Waals surface area contributed by atoms with Crippen LogP contribution < -0.4 is 11.1 Å². The van der Waals surface area contributed by atoms with Gasteiger partial charge in [0.15, 0.2) is 0 Å². The third kappa shape index (κ3) is 2.42. The van der Waals surface area contributed by atoms with E-state index in [1.54, 1.807) is 13.8 Å². The Morgan fingerprint density at radius 2 is 2.29 bits per heavy atom. The van der Waals surface area contributed by atoms with Gasteiger partial charge in [-0.15, -0.1) is 0 Å². The quantitative estimate of drug-likeness (QED) is 0.662. The fourth-order valence-corrected chi connectivity index (χ4v) is 1.22. The molecule has 1 amide bonds. The second-order valence-electron chi connectivity index (χ2n) is 4.02. The molecule has 80 valence electrons. The summed E-state index contributed by atoms with van der Waals surface area (Å²) in [7, 11) is 0. The van der Waals surface area contributed by atoms with E-state index in [9.17, 15) is 4.79 Å². The van der Waals surface area contributed by atoms with Crippen molar-refractivity contribution in [2.24, 2.45) is 11.1 Å². The van der Waals surface area contributed by atoms with Gasteiger partial charge in [-0.3, -0.25) is 4.79 Å². The minimum absolute atomic E-state index is 0.108. The number of carbonyl (C=O) groups excluding carboxylic acids is 1. The van der Waals surface area contributed by atoms with Crippen LogP contribution in [0.25, 0.3) is 0 Å². The van der Waals surface area contributed by atoms with Crippen LogP contribution >= 0.6 is 12.2 Å². The fraction of sp³-hybridized carbons (Fsp3) is 0.778.